The topological polar surface area (TPSA) is 41.6 Å². The van der Waals surface area contributed by atoms with Crippen LogP contribution in [-0.4, -0.2) is 50.7 Å². The van der Waals surface area contributed by atoms with E-state index in [9.17, 15) is 4.79 Å². The Morgan fingerprint density at radius 1 is 1.38 bits per heavy atom. The highest BCUT2D eigenvalue weighted by molar-refractivity contribution is 5.71. The fourth-order valence-electron chi connectivity index (χ4n) is 1.12. The number of ether oxygens (including phenoxy) is 1. The molecule has 0 aromatic heterocycles. The second kappa shape index (κ2) is 8.01. The molecule has 1 heterocycles. The largest absolute Gasteiger partial charge is 0.468 e. The molecule has 0 radical (unpaired) electrons. The lowest BCUT2D eigenvalue weighted by molar-refractivity contribution is -0.142. The number of nitrogens with one attached hydrogen (secondary N) is 1. The molecule has 0 bridgehead atoms. The Morgan fingerprint density at radius 3 is 2.38 bits per heavy atom. The molecule has 13 heavy (non-hydrogen) atoms. The maximum absolute atomic E-state index is 10.8. The average molecular weight is 188 g/mol. The van der Waals surface area contributed by atoms with Gasteiger partial charge in [-0.3, -0.25) is 9.69 Å². The summed E-state index contributed by atoms with van der Waals surface area (Å²) in [5.41, 5.74) is 0. The summed E-state index contributed by atoms with van der Waals surface area (Å²) in [6.45, 7) is 8.25. The Kier molecular flexibility index (Phi) is 7.63. The summed E-state index contributed by atoms with van der Waals surface area (Å²) >= 11 is 0. The quantitative estimate of drug-likeness (QED) is 0.624. The zero-order valence-electron chi connectivity index (χ0n) is 8.80. The van der Waals surface area contributed by atoms with E-state index in [2.05, 4.69) is 15.0 Å². The van der Waals surface area contributed by atoms with Gasteiger partial charge in [0, 0.05) is 26.2 Å². The molecule has 0 aromatic carbocycles. The van der Waals surface area contributed by atoms with Crippen molar-refractivity contribution < 1.29 is 9.53 Å². The molecular weight excluding hydrogens is 168 g/mol. The molecule has 1 fully saturated rings. The van der Waals surface area contributed by atoms with Crippen molar-refractivity contribution in [1.29, 1.82) is 0 Å². The summed E-state index contributed by atoms with van der Waals surface area (Å²) in [7, 11) is 1.42. The van der Waals surface area contributed by atoms with Crippen molar-refractivity contribution in [3.63, 3.8) is 0 Å². The van der Waals surface area contributed by atoms with Gasteiger partial charge >= 0.3 is 5.97 Å². The van der Waals surface area contributed by atoms with Crippen LogP contribution in [0.1, 0.15) is 13.8 Å². The highest BCUT2D eigenvalue weighted by Gasteiger charge is 2.12. The zero-order valence-corrected chi connectivity index (χ0v) is 8.80. The highest BCUT2D eigenvalue weighted by Crippen LogP contribution is 1.91. The van der Waals surface area contributed by atoms with E-state index in [0.29, 0.717) is 6.54 Å². The van der Waals surface area contributed by atoms with Crippen molar-refractivity contribution >= 4 is 5.97 Å². The number of piperazine rings is 1. The molecular formula is C9H20N2O2. The number of hydrogen-bond acceptors (Lipinski definition) is 4. The average Bonchev–Trinajstić information content (AvgIpc) is 2.22. The fraction of sp³-hybridized carbons (Fsp3) is 0.889. The van der Waals surface area contributed by atoms with Gasteiger partial charge in [-0.15, -0.1) is 0 Å². The molecule has 0 aromatic rings. The predicted octanol–water partition coefficient (Wildman–Crippen LogP) is 0.0908. The van der Waals surface area contributed by atoms with Crippen molar-refractivity contribution in [2.24, 2.45) is 0 Å². The maximum Gasteiger partial charge on any atom is 0.319 e. The van der Waals surface area contributed by atoms with Crippen LogP contribution in [0, 0.1) is 0 Å². The summed E-state index contributed by atoms with van der Waals surface area (Å²) in [4.78, 5) is 12.9. The molecule has 0 amide bonds. The third-order valence-electron chi connectivity index (χ3n) is 1.79. The van der Waals surface area contributed by atoms with E-state index in [1.165, 1.54) is 7.11 Å². The molecule has 78 valence electrons. The van der Waals surface area contributed by atoms with E-state index in [1.807, 2.05) is 13.8 Å². The molecule has 0 aliphatic carbocycles. The third kappa shape index (κ3) is 5.60. The van der Waals surface area contributed by atoms with Gasteiger partial charge in [-0.05, 0) is 0 Å². The van der Waals surface area contributed by atoms with Gasteiger partial charge in [0.05, 0.1) is 13.7 Å². The summed E-state index contributed by atoms with van der Waals surface area (Å²) in [5.74, 6) is -0.146. The first kappa shape index (κ1) is 12.4. The van der Waals surface area contributed by atoms with Crippen molar-refractivity contribution in [1.82, 2.24) is 10.2 Å². The van der Waals surface area contributed by atoms with Crippen LogP contribution in [0.3, 0.4) is 0 Å². The fourth-order valence-corrected chi connectivity index (χ4v) is 1.12. The Labute approximate surface area is 80.2 Å². The summed E-state index contributed by atoms with van der Waals surface area (Å²) in [6, 6.07) is 0. The van der Waals surface area contributed by atoms with Crippen LogP contribution in [0.25, 0.3) is 0 Å². The number of rotatable bonds is 2. The van der Waals surface area contributed by atoms with Gasteiger partial charge in [-0.25, -0.2) is 0 Å². The van der Waals surface area contributed by atoms with Crippen molar-refractivity contribution in [2.75, 3.05) is 39.8 Å². The lowest BCUT2D eigenvalue weighted by atomic mass is 10.3. The first-order valence-electron chi connectivity index (χ1n) is 4.83. The monoisotopic (exact) mass is 188 g/mol. The van der Waals surface area contributed by atoms with E-state index in [1.54, 1.807) is 0 Å². The molecule has 4 nitrogen and oxygen atoms in total. The van der Waals surface area contributed by atoms with E-state index >= 15 is 0 Å². The minimum absolute atomic E-state index is 0.146. The van der Waals surface area contributed by atoms with Crippen molar-refractivity contribution in [3.8, 4) is 0 Å². The molecule has 1 aliphatic heterocycles. The van der Waals surface area contributed by atoms with Gasteiger partial charge in [0.1, 0.15) is 0 Å². The van der Waals surface area contributed by atoms with Crippen LogP contribution < -0.4 is 5.32 Å². The van der Waals surface area contributed by atoms with Gasteiger partial charge in [0.15, 0.2) is 0 Å². The Balaban J connectivity index is 0.000000671. The Bertz CT molecular complexity index is 134. The van der Waals surface area contributed by atoms with Crippen LogP contribution >= 0.6 is 0 Å². The van der Waals surface area contributed by atoms with Crippen LogP contribution in [0.5, 0.6) is 0 Å². The zero-order chi connectivity index (χ0) is 10.1. The van der Waals surface area contributed by atoms with Gasteiger partial charge in [-0.2, -0.15) is 0 Å². The normalized spacial score (nSPS) is 17.2. The van der Waals surface area contributed by atoms with E-state index < -0.39 is 0 Å². The second-order valence-corrected chi connectivity index (χ2v) is 2.60. The molecule has 1 saturated heterocycles. The van der Waals surface area contributed by atoms with Gasteiger partial charge in [0.2, 0.25) is 0 Å². The number of carbonyl (C=O) groups is 1. The Hall–Kier alpha value is -0.610. The molecule has 1 N–H and O–H groups in total. The van der Waals surface area contributed by atoms with E-state index in [0.717, 1.165) is 26.2 Å². The molecule has 4 heteroatoms. The molecule has 0 spiro atoms. The van der Waals surface area contributed by atoms with Crippen LogP contribution in [0.15, 0.2) is 0 Å². The molecule has 1 rings (SSSR count). The number of hydrogen-bond donors (Lipinski definition) is 1. The summed E-state index contributed by atoms with van der Waals surface area (Å²) < 4.78 is 4.55. The smallest absolute Gasteiger partial charge is 0.319 e. The second-order valence-electron chi connectivity index (χ2n) is 2.60. The van der Waals surface area contributed by atoms with Crippen LogP contribution in [-0.2, 0) is 9.53 Å². The molecule has 0 atom stereocenters. The number of nitrogens with zero attached hydrogens (tertiary/aromatic N) is 1. The molecule has 0 unspecified atom stereocenters. The minimum Gasteiger partial charge on any atom is -0.468 e. The van der Waals surface area contributed by atoms with E-state index in [-0.39, 0.29) is 5.97 Å². The molecule has 1 aliphatic rings. The lowest BCUT2D eigenvalue weighted by Gasteiger charge is -2.25. The number of methoxy groups -OCH3 is 1. The number of esters is 1. The highest BCUT2D eigenvalue weighted by atomic mass is 16.5. The number of carbonyl (C=O) groups excluding carboxylic acids is 1. The lowest BCUT2D eigenvalue weighted by Crippen LogP contribution is -2.45. The third-order valence-corrected chi connectivity index (χ3v) is 1.79. The maximum atomic E-state index is 10.8. The summed E-state index contributed by atoms with van der Waals surface area (Å²) in [5, 5.41) is 3.21. The van der Waals surface area contributed by atoms with Crippen molar-refractivity contribution in [3.05, 3.63) is 0 Å². The first-order valence-corrected chi connectivity index (χ1v) is 4.83. The molecule has 0 saturated carbocycles. The van der Waals surface area contributed by atoms with Crippen LogP contribution in [0.2, 0.25) is 0 Å². The SMILES string of the molecule is CC.COC(=O)CN1CCNCC1. The van der Waals surface area contributed by atoms with Gasteiger partial charge < -0.3 is 10.1 Å². The van der Waals surface area contributed by atoms with Crippen molar-refractivity contribution in [2.45, 2.75) is 13.8 Å². The summed E-state index contributed by atoms with van der Waals surface area (Å²) in [6.07, 6.45) is 0. The van der Waals surface area contributed by atoms with Gasteiger partial charge in [0.25, 0.3) is 0 Å². The van der Waals surface area contributed by atoms with Crippen LogP contribution in [0.4, 0.5) is 0 Å². The Morgan fingerprint density at radius 2 is 1.92 bits per heavy atom. The van der Waals surface area contributed by atoms with Gasteiger partial charge in [-0.1, -0.05) is 13.8 Å². The minimum atomic E-state index is -0.146. The standard InChI is InChI=1S/C7H14N2O2.C2H6/c1-11-7(10)6-9-4-2-8-3-5-9;1-2/h8H,2-6H2,1H3;1-2H3. The predicted molar refractivity (Wildman–Crippen MR) is 52.7 cm³/mol. The van der Waals surface area contributed by atoms with E-state index in [4.69, 9.17) is 0 Å². The first-order chi connectivity index (χ1) is 6.33.